The molecular weight excluding hydrogens is 406 g/mol. The first kappa shape index (κ1) is 16.5. The van der Waals surface area contributed by atoms with Gasteiger partial charge in [-0.3, -0.25) is 0 Å². The normalized spacial score (nSPS) is 18.6. The lowest BCUT2D eigenvalue weighted by molar-refractivity contribution is 0.226. The minimum absolute atomic E-state index is 0.351. The van der Waals surface area contributed by atoms with Crippen LogP contribution in [0.15, 0.2) is 32.0 Å². The summed E-state index contributed by atoms with van der Waals surface area (Å²) in [7, 11) is -3.39. The van der Waals surface area contributed by atoms with Gasteiger partial charge in [-0.15, -0.1) is 0 Å². The SMILES string of the molecule is CC(C)C1CCN(S(=O)(=O)c2ccc(Br)cc2Br)CC1. The van der Waals surface area contributed by atoms with E-state index in [-0.39, 0.29) is 0 Å². The van der Waals surface area contributed by atoms with E-state index in [1.807, 2.05) is 0 Å². The van der Waals surface area contributed by atoms with Crippen LogP contribution in [0.4, 0.5) is 0 Å². The summed E-state index contributed by atoms with van der Waals surface area (Å²) in [5.41, 5.74) is 0. The van der Waals surface area contributed by atoms with Gasteiger partial charge in [0, 0.05) is 22.0 Å². The number of sulfonamides is 1. The third-order valence-electron chi connectivity index (χ3n) is 3.95. The summed E-state index contributed by atoms with van der Waals surface area (Å²) in [6.07, 6.45) is 1.90. The standard InChI is InChI=1S/C14H19Br2NO2S/c1-10(2)11-5-7-17(8-6-11)20(18,19)14-4-3-12(15)9-13(14)16/h3-4,9-11H,5-8H2,1-2H3. The molecule has 1 aliphatic rings. The lowest BCUT2D eigenvalue weighted by Crippen LogP contribution is -2.39. The number of piperidine rings is 1. The Hall–Kier alpha value is 0.0900. The Morgan fingerprint density at radius 1 is 1.20 bits per heavy atom. The highest BCUT2D eigenvalue weighted by Gasteiger charge is 2.31. The second-order valence-electron chi connectivity index (χ2n) is 5.56. The molecule has 1 fully saturated rings. The molecule has 1 heterocycles. The minimum Gasteiger partial charge on any atom is -0.207 e. The summed E-state index contributed by atoms with van der Waals surface area (Å²) < 4.78 is 28.4. The highest BCUT2D eigenvalue weighted by Crippen LogP contribution is 2.32. The smallest absolute Gasteiger partial charge is 0.207 e. The first-order chi connectivity index (χ1) is 9.32. The van der Waals surface area contributed by atoms with Crippen LogP contribution < -0.4 is 0 Å². The van der Waals surface area contributed by atoms with Crippen LogP contribution in [0, 0.1) is 11.8 Å². The van der Waals surface area contributed by atoms with Crippen LogP contribution >= 0.6 is 31.9 Å². The van der Waals surface area contributed by atoms with Crippen LogP contribution in [0.1, 0.15) is 26.7 Å². The number of hydrogen-bond acceptors (Lipinski definition) is 2. The Bertz CT molecular complexity index is 579. The Morgan fingerprint density at radius 3 is 2.30 bits per heavy atom. The molecule has 0 amide bonds. The van der Waals surface area contributed by atoms with Gasteiger partial charge >= 0.3 is 0 Å². The molecule has 0 bridgehead atoms. The second kappa shape index (κ2) is 6.46. The van der Waals surface area contributed by atoms with Crippen molar-refractivity contribution in [2.24, 2.45) is 11.8 Å². The lowest BCUT2D eigenvalue weighted by Gasteiger charge is -2.33. The van der Waals surface area contributed by atoms with Crippen LogP contribution in [0.2, 0.25) is 0 Å². The van der Waals surface area contributed by atoms with E-state index in [0.717, 1.165) is 17.3 Å². The highest BCUT2D eigenvalue weighted by atomic mass is 79.9. The van der Waals surface area contributed by atoms with Gasteiger partial charge in [-0.25, -0.2) is 8.42 Å². The van der Waals surface area contributed by atoms with Crippen LogP contribution in [-0.4, -0.2) is 25.8 Å². The zero-order valence-electron chi connectivity index (χ0n) is 11.6. The molecule has 0 unspecified atom stereocenters. The molecule has 1 aromatic rings. The van der Waals surface area contributed by atoms with Gasteiger partial charge in [0.1, 0.15) is 0 Å². The third kappa shape index (κ3) is 3.46. The monoisotopic (exact) mass is 423 g/mol. The van der Waals surface area contributed by atoms with E-state index >= 15 is 0 Å². The average Bonchev–Trinajstić information content (AvgIpc) is 2.38. The van der Waals surface area contributed by atoms with Gasteiger partial charge in [-0.2, -0.15) is 4.31 Å². The third-order valence-corrected chi connectivity index (χ3v) is 7.32. The van der Waals surface area contributed by atoms with Gasteiger partial charge in [-0.1, -0.05) is 29.8 Å². The maximum absolute atomic E-state index is 12.7. The number of hydrogen-bond donors (Lipinski definition) is 0. The molecule has 0 radical (unpaired) electrons. The summed E-state index contributed by atoms with van der Waals surface area (Å²) in [4.78, 5) is 0.351. The van der Waals surface area contributed by atoms with Crippen molar-refractivity contribution in [2.45, 2.75) is 31.6 Å². The molecule has 0 N–H and O–H groups in total. The van der Waals surface area contributed by atoms with Crippen LogP contribution in [-0.2, 0) is 10.0 Å². The number of benzene rings is 1. The maximum Gasteiger partial charge on any atom is 0.244 e. The first-order valence-corrected chi connectivity index (χ1v) is 9.80. The second-order valence-corrected chi connectivity index (χ2v) is 9.24. The predicted octanol–water partition coefficient (Wildman–Crippen LogP) is 4.27. The van der Waals surface area contributed by atoms with Gasteiger partial charge in [0.25, 0.3) is 0 Å². The molecule has 2 rings (SSSR count). The molecule has 1 aliphatic heterocycles. The molecule has 0 spiro atoms. The Balaban J connectivity index is 2.20. The fourth-order valence-corrected chi connectivity index (χ4v) is 5.78. The molecule has 0 aromatic heterocycles. The van der Waals surface area contributed by atoms with Crippen molar-refractivity contribution in [1.29, 1.82) is 0 Å². The van der Waals surface area contributed by atoms with Crippen molar-refractivity contribution in [3.05, 3.63) is 27.1 Å². The molecule has 0 aliphatic carbocycles. The molecule has 20 heavy (non-hydrogen) atoms. The number of nitrogens with zero attached hydrogens (tertiary/aromatic N) is 1. The van der Waals surface area contributed by atoms with Crippen molar-refractivity contribution in [3.63, 3.8) is 0 Å². The molecular formula is C14H19Br2NO2S. The molecule has 0 saturated carbocycles. The van der Waals surface area contributed by atoms with Gasteiger partial charge in [0.05, 0.1) is 4.90 Å². The first-order valence-electron chi connectivity index (χ1n) is 6.77. The highest BCUT2D eigenvalue weighted by molar-refractivity contribution is 9.11. The van der Waals surface area contributed by atoms with E-state index in [0.29, 0.717) is 34.3 Å². The van der Waals surface area contributed by atoms with Crippen LogP contribution in [0.25, 0.3) is 0 Å². The van der Waals surface area contributed by atoms with Gasteiger partial charge in [0.2, 0.25) is 10.0 Å². The quantitative estimate of drug-likeness (QED) is 0.726. The van der Waals surface area contributed by atoms with E-state index in [9.17, 15) is 8.42 Å². The van der Waals surface area contributed by atoms with E-state index in [1.54, 1.807) is 22.5 Å². The van der Waals surface area contributed by atoms with E-state index in [4.69, 9.17) is 0 Å². The molecule has 1 aromatic carbocycles. The Morgan fingerprint density at radius 2 is 1.80 bits per heavy atom. The van der Waals surface area contributed by atoms with Crippen molar-refractivity contribution >= 4 is 41.9 Å². The predicted molar refractivity (Wildman–Crippen MR) is 88.2 cm³/mol. The molecule has 112 valence electrons. The van der Waals surface area contributed by atoms with Gasteiger partial charge in [0.15, 0.2) is 0 Å². The summed E-state index contributed by atoms with van der Waals surface area (Å²) in [6.45, 7) is 5.65. The van der Waals surface area contributed by atoms with Crippen LogP contribution in [0.5, 0.6) is 0 Å². The van der Waals surface area contributed by atoms with Crippen molar-refractivity contribution in [1.82, 2.24) is 4.31 Å². The molecule has 3 nitrogen and oxygen atoms in total. The van der Waals surface area contributed by atoms with Crippen LogP contribution in [0.3, 0.4) is 0 Å². The topological polar surface area (TPSA) is 37.4 Å². The van der Waals surface area contributed by atoms with Crippen molar-refractivity contribution < 1.29 is 8.42 Å². The molecule has 0 atom stereocenters. The summed E-state index contributed by atoms with van der Waals surface area (Å²) >= 11 is 6.69. The number of rotatable bonds is 3. The maximum atomic E-state index is 12.7. The van der Waals surface area contributed by atoms with Crippen molar-refractivity contribution in [3.8, 4) is 0 Å². The minimum atomic E-state index is -3.39. The zero-order valence-corrected chi connectivity index (χ0v) is 15.6. The fourth-order valence-electron chi connectivity index (χ4n) is 2.61. The van der Waals surface area contributed by atoms with Crippen molar-refractivity contribution in [2.75, 3.05) is 13.1 Å². The molecule has 1 saturated heterocycles. The van der Waals surface area contributed by atoms with E-state index < -0.39 is 10.0 Å². The average molecular weight is 425 g/mol. The summed E-state index contributed by atoms with van der Waals surface area (Å²) in [6, 6.07) is 5.18. The zero-order chi connectivity index (χ0) is 14.9. The largest absolute Gasteiger partial charge is 0.244 e. The Labute approximate surface area is 138 Å². The van der Waals surface area contributed by atoms with E-state index in [2.05, 4.69) is 45.7 Å². The van der Waals surface area contributed by atoms with E-state index in [1.165, 1.54) is 0 Å². The molecule has 6 heteroatoms. The summed E-state index contributed by atoms with van der Waals surface area (Å²) in [5, 5.41) is 0. The Kier molecular flexibility index (Phi) is 5.32. The fraction of sp³-hybridized carbons (Fsp3) is 0.571. The van der Waals surface area contributed by atoms with Gasteiger partial charge in [-0.05, 0) is 58.8 Å². The lowest BCUT2D eigenvalue weighted by atomic mass is 9.87. The summed E-state index contributed by atoms with van der Waals surface area (Å²) in [5.74, 6) is 1.26. The van der Waals surface area contributed by atoms with Gasteiger partial charge < -0.3 is 0 Å². The number of halogens is 2.